The number of halogens is 3. The lowest BCUT2D eigenvalue weighted by Crippen LogP contribution is -2.22. The Bertz CT molecular complexity index is 868. The van der Waals surface area contributed by atoms with Crippen LogP contribution in [0.2, 0.25) is 0 Å². The van der Waals surface area contributed by atoms with E-state index in [1.165, 1.54) is 6.07 Å². The lowest BCUT2D eigenvalue weighted by atomic mass is 10.1. The third kappa shape index (κ3) is 4.04. The number of anilines is 1. The van der Waals surface area contributed by atoms with Crippen LogP contribution >= 0.6 is 11.8 Å². The molecule has 0 saturated heterocycles. The fourth-order valence-electron chi connectivity index (χ4n) is 1.99. The molecule has 0 aliphatic carbocycles. The number of hydrogen-bond donors (Lipinski definition) is 2. The number of nitrogen functional groups attached to an aromatic ring is 1. The van der Waals surface area contributed by atoms with Crippen molar-refractivity contribution in [2.24, 2.45) is 0 Å². The number of carbonyl (C=O) groups is 1. The number of aryl methyl sites for hydroxylation is 1. The second kappa shape index (κ2) is 7.19. The predicted molar refractivity (Wildman–Crippen MR) is 87.1 cm³/mol. The van der Waals surface area contributed by atoms with Gasteiger partial charge in [-0.05, 0) is 25.0 Å². The molecule has 3 N–H and O–H groups in total. The quantitative estimate of drug-likeness (QED) is 0.347. The molecule has 1 aromatic heterocycles. The third-order valence-electron chi connectivity index (χ3n) is 3.43. The molecule has 0 saturated carbocycles. The number of nitro groups is 1. The monoisotopic (exact) mass is 390 g/mol. The first-order valence-electron chi connectivity index (χ1n) is 6.97. The Morgan fingerprint density at radius 1 is 1.38 bits per heavy atom. The minimum Gasteiger partial charge on any atom is -0.335 e. The van der Waals surface area contributed by atoms with Crippen LogP contribution in [-0.4, -0.2) is 31.5 Å². The Morgan fingerprint density at radius 2 is 2.04 bits per heavy atom. The van der Waals surface area contributed by atoms with E-state index in [2.05, 4.69) is 15.5 Å². The molecule has 0 bridgehead atoms. The zero-order valence-corrected chi connectivity index (χ0v) is 14.3. The number of carbonyl (C=O) groups excluding carboxylic acids is 1. The highest BCUT2D eigenvalue weighted by molar-refractivity contribution is 7.99. The summed E-state index contributed by atoms with van der Waals surface area (Å²) in [6.45, 7) is 3.33. The Kier molecular flexibility index (Phi) is 5.39. The molecule has 0 aliphatic heterocycles. The summed E-state index contributed by atoms with van der Waals surface area (Å²) in [7, 11) is 0. The number of amides is 1. The van der Waals surface area contributed by atoms with Gasteiger partial charge in [-0.15, -0.1) is 10.2 Å². The molecule has 1 aromatic carbocycles. The van der Waals surface area contributed by atoms with Crippen LogP contribution in [0, 0.1) is 24.0 Å². The van der Waals surface area contributed by atoms with E-state index in [4.69, 9.17) is 5.84 Å². The highest BCUT2D eigenvalue weighted by Gasteiger charge is 2.38. The van der Waals surface area contributed by atoms with Gasteiger partial charge in [0.1, 0.15) is 5.69 Å². The van der Waals surface area contributed by atoms with Crippen LogP contribution in [0.15, 0.2) is 17.3 Å². The third-order valence-corrected chi connectivity index (χ3v) is 4.37. The van der Waals surface area contributed by atoms with E-state index < -0.39 is 22.8 Å². The molecule has 0 atom stereocenters. The second-order valence-electron chi connectivity index (χ2n) is 5.17. The van der Waals surface area contributed by atoms with Gasteiger partial charge >= 0.3 is 6.18 Å². The number of nitrogens with zero attached hydrogens (tertiary/aromatic N) is 4. The van der Waals surface area contributed by atoms with Crippen LogP contribution in [-0.2, 0) is 11.0 Å². The number of nitrogens with two attached hydrogens (primary N) is 1. The van der Waals surface area contributed by atoms with Crippen molar-refractivity contribution in [3.8, 4) is 0 Å². The second-order valence-corrected chi connectivity index (χ2v) is 6.11. The lowest BCUT2D eigenvalue weighted by molar-refractivity contribution is -0.384. The molecule has 2 rings (SSSR count). The Balaban J connectivity index is 2.13. The summed E-state index contributed by atoms with van der Waals surface area (Å²) in [5, 5.41) is 19.4. The summed E-state index contributed by atoms with van der Waals surface area (Å²) in [4.78, 5) is 22.5. The van der Waals surface area contributed by atoms with Crippen molar-refractivity contribution < 1.29 is 22.9 Å². The average Bonchev–Trinajstić information content (AvgIpc) is 2.90. The van der Waals surface area contributed by atoms with Gasteiger partial charge in [0.15, 0.2) is 0 Å². The fourth-order valence-corrected chi connectivity index (χ4v) is 2.64. The molecule has 0 spiro atoms. The SMILES string of the molecule is Cc1ccc([N+](=O)[O-])c(NC(=O)CSc2nnc(C(F)(F)F)n2N)c1C. The maximum atomic E-state index is 12.6. The van der Waals surface area contributed by atoms with Crippen molar-refractivity contribution in [2.45, 2.75) is 25.2 Å². The molecule has 1 amide bonds. The van der Waals surface area contributed by atoms with E-state index in [-0.39, 0.29) is 27.0 Å². The first-order chi connectivity index (χ1) is 12.0. The number of hydrogen-bond acceptors (Lipinski definition) is 7. The van der Waals surface area contributed by atoms with Gasteiger partial charge in [0.05, 0.1) is 10.7 Å². The first-order valence-corrected chi connectivity index (χ1v) is 7.96. The zero-order valence-electron chi connectivity index (χ0n) is 13.5. The number of nitrogens with one attached hydrogen (secondary N) is 1. The van der Waals surface area contributed by atoms with Gasteiger partial charge in [0.2, 0.25) is 11.1 Å². The van der Waals surface area contributed by atoms with Gasteiger partial charge in [0.25, 0.3) is 11.5 Å². The number of aromatic nitrogens is 3. The fraction of sp³-hybridized carbons (Fsp3) is 0.308. The number of benzene rings is 1. The molecule has 0 radical (unpaired) electrons. The minimum atomic E-state index is -4.78. The smallest absolute Gasteiger partial charge is 0.335 e. The maximum absolute atomic E-state index is 12.6. The van der Waals surface area contributed by atoms with E-state index in [1.54, 1.807) is 19.9 Å². The van der Waals surface area contributed by atoms with Crippen LogP contribution < -0.4 is 11.2 Å². The van der Waals surface area contributed by atoms with Crippen molar-refractivity contribution in [3.63, 3.8) is 0 Å². The standard InChI is InChI=1S/C13H13F3N6O3S/c1-6-3-4-8(22(24)25)10(7(6)2)18-9(23)5-26-12-20-19-11(21(12)17)13(14,15)16/h3-4H,5,17H2,1-2H3,(H,18,23). The molecule has 0 fully saturated rings. The van der Waals surface area contributed by atoms with Crippen molar-refractivity contribution in [3.05, 3.63) is 39.2 Å². The minimum absolute atomic E-state index is 0.0331. The molecule has 0 unspecified atom stereocenters. The lowest BCUT2D eigenvalue weighted by Gasteiger charge is -2.11. The van der Waals surface area contributed by atoms with Crippen molar-refractivity contribution >= 4 is 29.0 Å². The Hall–Kier alpha value is -2.83. The molecule has 9 nitrogen and oxygen atoms in total. The van der Waals surface area contributed by atoms with Gasteiger partial charge in [-0.3, -0.25) is 14.9 Å². The first kappa shape index (κ1) is 19.5. The average molecular weight is 390 g/mol. The Morgan fingerprint density at radius 3 is 2.58 bits per heavy atom. The van der Waals surface area contributed by atoms with Crippen LogP contribution in [0.25, 0.3) is 0 Å². The zero-order chi connectivity index (χ0) is 19.6. The summed E-state index contributed by atoms with van der Waals surface area (Å²) in [5.74, 6) is 2.84. The van der Waals surface area contributed by atoms with E-state index in [1.807, 2.05) is 0 Å². The van der Waals surface area contributed by atoms with E-state index >= 15 is 0 Å². The van der Waals surface area contributed by atoms with Crippen molar-refractivity contribution in [1.29, 1.82) is 0 Å². The van der Waals surface area contributed by atoms with Gasteiger partial charge in [0, 0.05) is 6.07 Å². The molecule has 0 aliphatic rings. The normalized spacial score (nSPS) is 11.4. The molecular formula is C13H13F3N6O3S. The van der Waals surface area contributed by atoms with E-state index in [9.17, 15) is 28.1 Å². The number of rotatable bonds is 5. The van der Waals surface area contributed by atoms with E-state index in [0.29, 0.717) is 17.3 Å². The topological polar surface area (TPSA) is 129 Å². The summed E-state index contributed by atoms with van der Waals surface area (Å²) in [6, 6.07) is 2.81. The van der Waals surface area contributed by atoms with Gasteiger partial charge < -0.3 is 11.2 Å². The van der Waals surface area contributed by atoms with Gasteiger partial charge in [-0.2, -0.15) is 13.2 Å². The maximum Gasteiger partial charge on any atom is 0.453 e. The number of thioether (sulfide) groups is 1. The number of nitro benzene ring substituents is 1. The molecule has 26 heavy (non-hydrogen) atoms. The summed E-state index contributed by atoms with van der Waals surface area (Å²) in [6.07, 6.45) is -4.78. The number of alkyl halides is 3. The summed E-state index contributed by atoms with van der Waals surface area (Å²) >= 11 is 0.618. The molecule has 140 valence electrons. The molecule has 1 heterocycles. The highest BCUT2D eigenvalue weighted by Crippen LogP contribution is 2.31. The van der Waals surface area contributed by atoms with Gasteiger partial charge in [-0.25, -0.2) is 4.68 Å². The van der Waals surface area contributed by atoms with Crippen LogP contribution in [0.3, 0.4) is 0 Å². The van der Waals surface area contributed by atoms with Crippen LogP contribution in [0.1, 0.15) is 17.0 Å². The molecule has 13 heteroatoms. The Labute approximate surface area is 148 Å². The summed E-state index contributed by atoms with van der Waals surface area (Å²) < 4.78 is 38.0. The summed E-state index contributed by atoms with van der Waals surface area (Å²) in [5.41, 5.74) is 0.993. The molecule has 2 aromatic rings. The largest absolute Gasteiger partial charge is 0.453 e. The molecular weight excluding hydrogens is 377 g/mol. The predicted octanol–water partition coefficient (Wildman–Crippen LogP) is 2.27. The van der Waals surface area contributed by atoms with Crippen molar-refractivity contribution in [2.75, 3.05) is 16.9 Å². The van der Waals surface area contributed by atoms with Crippen LogP contribution in [0.4, 0.5) is 24.5 Å². The van der Waals surface area contributed by atoms with Crippen LogP contribution in [0.5, 0.6) is 0 Å². The van der Waals surface area contributed by atoms with Crippen molar-refractivity contribution in [1.82, 2.24) is 14.9 Å². The highest BCUT2D eigenvalue weighted by atomic mass is 32.2. The van der Waals surface area contributed by atoms with Gasteiger partial charge in [-0.1, -0.05) is 17.8 Å². The van der Waals surface area contributed by atoms with E-state index in [0.717, 1.165) is 5.56 Å².